The average Bonchev–Trinajstić information content (AvgIpc) is 2.05. The third-order valence-electron chi connectivity index (χ3n) is 1.62. The highest BCUT2D eigenvalue weighted by molar-refractivity contribution is 5.39. The first kappa shape index (κ1) is 8.54. The van der Waals surface area contributed by atoms with E-state index in [-0.39, 0.29) is 0 Å². The van der Waals surface area contributed by atoms with E-state index in [0.717, 1.165) is 16.9 Å². The van der Waals surface area contributed by atoms with Crippen LogP contribution in [-0.4, -0.2) is 12.1 Å². The van der Waals surface area contributed by atoms with E-state index < -0.39 is 0 Å². The smallest absolute Gasteiger partial charge is 0.129 e. The van der Waals surface area contributed by atoms with Crippen molar-refractivity contribution in [3.63, 3.8) is 0 Å². The maximum Gasteiger partial charge on any atom is 0.129 e. The van der Waals surface area contributed by atoms with Crippen molar-refractivity contribution < 1.29 is 4.74 Å². The van der Waals surface area contributed by atoms with Gasteiger partial charge in [0, 0.05) is 23.5 Å². The Morgan fingerprint density at radius 2 is 2.33 bits per heavy atom. The quantitative estimate of drug-likeness (QED) is 0.661. The Labute approximate surface area is 71.6 Å². The standard InChI is InChI=1S/C9H10N2O/c1-7-5-11-6-8(3-4-10)9(7)12-2/h5-6H,3H2,1-2H3. The number of pyridine rings is 1. The highest BCUT2D eigenvalue weighted by Crippen LogP contribution is 2.21. The molecule has 0 saturated carbocycles. The molecule has 12 heavy (non-hydrogen) atoms. The number of nitrogens with zero attached hydrogens (tertiary/aromatic N) is 2. The lowest BCUT2D eigenvalue weighted by Gasteiger charge is -2.06. The van der Waals surface area contributed by atoms with Crippen molar-refractivity contribution in [1.29, 1.82) is 5.26 Å². The molecule has 1 heterocycles. The summed E-state index contributed by atoms with van der Waals surface area (Å²) < 4.78 is 5.14. The molecule has 1 rings (SSSR count). The van der Waals surface area contributed by atoms with Crippen LogP contribution in [0.1, 0.15) is 11.1 Å². The molecule has 0 aliphatic rings. The van der Waals surface area contributed by atoms with Crippen molar-refractivity contribution >= 4 is 0 Å². The lowest BCUT2D eigenvalue weighted by atomic mass is 10.1. The lowest BCUT2D eigenvalue weighted by Crippen LogP contribution is -1.94. The summed E-state index contributed by atoms with van der Waals surface area (Å²) >= 11 is 0. The first-order valence-electron chi connectivity index (χ1n) is 3.64. The Balaban J connectivity index is 3.11. The Morgan fingerprint density at radius 1 is 1.58 bits per heavy atom. The van der Waals surface area contributed by atoms with E-state index in [4.69, 9.17) is 10.00 Å². The van der Waals surface area contributed by atoms with Gasteiger partial charge in [-0.05, 0) is 6.92 Å². The zero-order valence-corrected chi connectivity index (χ0v) is 7.16. The summed E-state index contributed by atoms with van der Waals surface area (Å²) in [5, 5.41) is 8.50. The normalized spacial score (nSPS) is 9.08. The van der Waals surface area contributed by atoms with Gasteiger partial charge in [-0.2, -0.15) is 5.26 Å². The van der Waals surface area contributed by atoms with Crippen molar-refractivity contribution in [3.8, 4) is 11.8 Å². The van der Waals surface area contributed by atoms with E-state index >= 15 is 0 Å². The number of aromatic nitrogens is 1. The minimum Gasteiger partial charge on any atom is -0.496 e. The molecule has 0 aliphatic heterocycles. The van der Waals surface area contributed by atoms with Crippen LogP contribution in [0.15, 0.2) is 12.4 Å². The number of ether oxygens (including phenoxy) is 1. The molecule has 0 aliphatic carbocycles. The fraction of sp³-hybridized carbons (Fsp3) is 0.333. The van der Waals surface area contributed by atoms with Crippen LogP contribution in [-0.2, 0) is 6.42 Å². The molecule has 0 bridgehead atoms. The molecule has 0 amide bonds. The maximum absolute atomic E-state index is 8.50. The molecule has 0 saturated heterocycles. The highest BCUT2D eigenvalue weighted by Gasteiger charge is 2.04. The molecule has 1 aromatic rings. The number of nitriles is 1. The summed E-state index contributed by atoms with van der Waals surface area (Å²) in [5.41, 5.74) is 1.81. The van der Waals surface area contributed by atoms with Crippen LogP contribution < -0.4 is 4.74 Å². The number of aryl methyl sites for hydroxylation is 1. The summed E-state index contributed by atoms with van der Waals surface area (Å²) in [6.45, 7) is 1.91. The van der Waals surface area contributed by atoms with Crippen molar-refractivity contribution in [2.45, 2.75) is 13.3 Å². The monoisotopic (exact) mass is 162 g/mol. The molecule has 3 heteroatoms. The van der Waals surface area contributed by atoms with E-state index in [2.05, 4.69) is 11.1 Å². The number of rotatable bonds is 2. The summed E-state index contributed by atoms with van der Waals surface area (Å²) in [4.78, 5) is 3.98. The predicted molar refractivity (Wildman–Crippen MR) is 44.8 cm³/mol. The molecule has 0 aromatic carbocycles. The Bertz CT molecular complexity index is 315. The van der Waals surface area contributed by atoms with Gasteiger partial charge in [0.05, 0.1) is 19.6 Å². The van der Waals surface area contributed by atoms with Crippen LogP contribution in [0, 0.1) is 18.3 Å². The van der Waals surface area contributed by atoms with Crippen molar-refractivity contribution in [2.24, 2.45) is 0 Å². The molecule has 0 spiro atoms. The Morgan fingerprint density at radius 3 is 2.92 bits per heavy atom. The van der Waals surface area contributed by atoms with Gasteiger partial charge in [-0.25, -0.2) is 0 Å². The SMILES string of the molecule is COc1c(C)cncc1CC#N. The van der Waals surface area contributed by atoms with Crippen LogP contribution in [0.3, 0.4) is 0 Å². The summed E-state index contributed by atoms with van der Waals surface area (Å²) in [7, 11) is 1.60. The molecule has 0 radical (unpaired) electrons. The summed E-state index contributed by atoms with van der Waals surface area (Å²) in [5.74, 6) is 0.770. The number of hydrogen-bond acceptors (Lipinski definition) is 3. The van der Waals surface area contributed by atoms with Crippen molar-refractivity contribution in [2.75, 3.05) is 7.11 Å². The second-order valence-electron chi connectivity index (χ2n) is 2.48. The van der Waals surface area contributed by atoms with Crippen LogP contribution in [0.25, 0.3) is 0 Å². The van der Waals surface area contributed by atoms with Gasteiger partial charge in [0.25, 0.3) is 0 Å². The number of hydrogen-bond donors (Lipinski definition) is 0. The lowest BCUT2D eigenvalue weighted by molar-refractivity contribution is 0.407. The minimum atomic E-state index is 0.345. The molecule has 3 nitrogen and oxygen atoms in total. The zero-order valence-electron chi connectivity index (χ0n) is 7.16. The first-order chi connectivity index (χ1) is 5.79. The van der Waals surface area contributed by atoms with Gasteiger partial charge in [0.2, 0.25) is 0 Å². The molecule has 62 valence electrons. The fourth-order valence-electron chi connectivity index (χ4n) is 1.11. The summed E-state index contributed by atoms with van der Waals surface area (Å²) in [6.07, 6.45) is 3.73. The van der Waals surface area contributed by atoms with Gasteiger partial charge >= 0.3 is 0 Å². The van der Waals surface area contributed by atoms with Gasteiger partial charge in [0.15, 0.2) is 0 Å². The molecule has 1 aromatic heterocycles. The molecule has 0 unspecified atom stereocenters. The van der Waals surface area contributed by atoms with Gasteiger partial charge in [0.1, 0.15) is 5.75 Å². The van der Waals surface area contributed by atoms with Gasteiger partial charge in [-0.15, -0.1) is 0 Å². The van der Waals surface area contributed by atoms with E-state index in [9.17, 15) is 0 Å². The van der Waals surface area contributed by atoms with E-state index in [1.807, 2.05) is 6.92 Å². The molecular formula is C9H10N2O. The van der Waals surface area contributed by atoms with Crippen molar-refractivity contribution in [1.82, 2.24) is 4.98 Å². The molecule has 0 atom stereocenters. The third kappa shape index (κ3) is 1.54. The maximum atomic E-state index is 8.50. The van der Waals surface area contributed by atoms with E-state index in [1.54, 1.807) is 19.5 Å². The van der Waals surface area contributed by atoms with Crippen LogP contribution >= 0.6 is 0 Å². The van der Waals surface area contributed by atoms with Crippen molar-refractivity contribution in [3.05, 3.63) is 23.5 Å². The van der Waals surface area contributed by atoms with Crippen LogP contribution in [0.2, 0.25) is 0 Å². The second-order valence-corrected chi connectivity index (χ2v) is 2.48. The second kappa shape index (κ2) is 3.72. The third-order valence-corrected chi connectivity index (χ3v) is 1.62. The van der Waals surface area contributed by atoms with Crippen LogP contribution in [0.5, 0.6) is 5.75 Å². The Hall–Kier alpha value is -1.56. The zero-order chi connectivity index (χ0) is 8.97. The molecular weight excluding hydrogens is 152 g/mol. The highest BCUT2D eigenvalue weighted by atomic mass is 16.5. The van der Waals surface area contributed by atoms with E-state index in [1.165, 1.54) is 0 Å². The van der Waals surface area contributed by atoms with Gasteiger partial charge in [-0.1, -0.05) is 0 Å². The van der Waals surface area contributed by atoms with Gasteiger partial charge in [-0.3, -0.25) is 4.98 Å². The first-order valence-corrected chi connectivity index (χ1v) is 3.64. The fourth-order valence-corrected chi connectivity index (χ4v) is 1.11. The summed E-state index contributed by atoms with van der Waals surface area (Å²) in [6, 6.07) is 2.07. The molecule has 0 fully saturated rings. The topological polar surface area (TPSA) is 45.9 Å². The molecule has 0 N–H and O–H groups in total. The Kier molecular flexibility index (Phi) is 2.65. The van der Waals surface area contributed by atoms with Gasteiger partial charge < -0.3 is 4.74 Å². The minimum absolute atomic E-state index is 0.345. The average molecular weight is 162 g/mol. The predicted octanol–water partition coefficient (Wildman–Crippen LogP) is 1.46. The largest absolute Gasteiger partial charge is 0.496 e. The van der Waals surface area contributed by atoms with E-state index in [0.29, 0.717) is 6.42 Å². The van der Waals surface area contributed by atoms with Crippen LogP contribution in [0.4, 0.5) is 0 Å². The number of methoxy groups -OCH3 is 1.